The van der Waals surface area contributed by atoms with E-state index < -0.39 is 4.92 Å². The maximum Gasteiger partial charge on any atom is 0.236 e. The highest BCUT2D eigenvalue weighted by Gasteiger charge is 2.18. The van der Waals surface area contributed by atoms with E-state index in [1.165, 1.54) is 6.08 Å². The van der Waals surface area contributed by atoms with E-state index in [4.69, 9.17) is 0 Å². The molecule has 0 saturated carbocycles. The van der Waals surface area contributed by atoms with Gasteiger partial charge in [-0.05, 0) is 6.07 Å². The van der Waals surface area contributed by atoms with E-state index in [1.54, 1.807) is 11.7 Å². The van der Waals surface area contributed by atoms with E-state index in [0.29, 0.717) is 0 Å². The van der Waals surface area contributed by atoms with Gasteiger partial charge in [-0.15, -0.1) is 0 Å². The van der Waals surface area contributed by atoms with Gasteiger partial charge >= 0.3 is 0 Å². The Kier molecular flexibility index (Phi) is 2.93. The van der Waals surface area contributed by atoms with Crippen molar-refractivity contribution in [2.75, 3.05) is 0 Å². The molecule has 5 heteroatoms. The summed E-state index contributed by atoms with van der Waals surface area (Å²) in [5.41, 5.74) is 1.61. The van der Waals surface area contributed by atoms with Crippen molar-refractivity contribution >= 4 is 6.08 Å². The fourth-order valence-corrected chi connectivity index (χ4v) is 1.14. The lowest BCUT2D eigenvalue weighted by molar-refractivity contribution is -0.401. The monoisotopic (exact) mass is 209 g/mol. The van der Waals surface area contributed by atoms with Gasteiger partial charge in [-0.1, -0.05) is 20.8 Å². The number of hydrogen-bond acceptors (Lipinski definition) is 3. The minimum atomic E-state index is -0.482. The van der Waals surface area contributed by atoms with Crippen LogP contribution in [-0.2, 0) is 12.5 Å². The van der Waals surface area contributed by atoms with E-state index >= 15 is 0 Å². The van der Waals surface area contributed by atoms with Crippen LogP contribution in [0, 0.1) is 10.1 Å². The second kappa shape index (κ2) is 3.84. The number of nitrogens with zero attached hydrogens (tertiary/aromatic N) is 3. The molecule has 0 aromatic carbocycles. The van der Waals surface area contributed by atoms with Gasteiger partial charge in [0.15, 0.2) is 0 Å². The molecule has 0 atom stereocenters. The molecular weight excluding hydrogens is 194 g/mol. The molecular formula is C10H15N3O2. The van der Waals surface area contributed by atoms with E-state index in [9.17, 15) is 10.1 Å². The Morgan fingerprint density at radius 3 is 2.53 bits per heavy atom. The minimum absolute atomic E-state index is 0.0432. The average molecular weight is 209 g/mol. The summed E-state index contributed by atoms with van der Waals surface area (Å²) in [7, 11) is 1.77. The molecule has 0 fully saturated rings. The first-order valence-corrected chi connectivity index (χ1v) is 4.67. The maximum absolute atomic E-state index is 10.2. The lowest BCUT2D eigenvalue weighted by Gasteiger charge is -2.13. The Balaban J connectivity index is 3.02. The van der Waals surface area contributed by atoms with E-state index in [2.05, 4.69) is 25.9 Å². The topological polar surface area (TPSA) is 61.0 Å². The molecule has 0 unspecified atom stereocenters. The second-order valence-corrected chi connectivity index (χ2v) is 4.43. The molecule has 1 heterocycles. The molecule has 0 aliphatic heterocycles. The van der Waals surface area contributed by atoms with Crippen LogP contribution < -0.4 is 0 Å². The van der Waals surface area contributed by atoms with E-state index in [0.717, 1.165) is 17.6 Å². The smallest absolute Gasteiger partial charge is 0.236 e. The summed E-state index contributed by atoms with van der Waals surface area (Å²) in [6.45, 7) is 6.16. The SMILES string of the molecule is Cn1nc(C(C)(C)C)cc1/C=C/[N+](=O)[O-]. The van der Waals surface area contributed by atoms with Crippen LogP contribution in [-0.4, -0.2) is 14.7 Å². The molecule has 0 aliphatic carbocycles. The first-order chi connectivity index (χ1) is 6.80. The van der Waals surface area contributed by atoms with Gasteiger partial charge in [-0.3, -0.25) is 14.8 Å². The standard InChI is InChI=1S/C10H15N3O2/c1-10(2,3)9-7-8(12(4)11-9)5-6-13(14)15/h5-7H,1-4H3/b6-5+. The number of rotatable bonds is 2. The zero-order valence-corrected chi connectivity index (χ0v) is 9.39. The highest BCUT2D eigenvalue weighted by molar-refractivity contribution is 5.44. The van der Waals surface area contributed by atoms with Gasteiger partial charge in [0.1, 0.15) is 0 Å². The fourth-order valence-electron chi connectivity index (χ4n) is 1.14. The number of aromatic nitrogens is 2. The Bertz CT molecular complexity index is 399. The molecule has 5 nitrogen and oxygen atoms in total. The van der Waals surface area contributed by atoms with Crippen molar-refractivity contribution in [2.45, 2.75) is 26.2 Å². The van der Waals surface area contributed by atoms with Crippen molar-refractivity contribution in [1.82, 2.24) is 9.78 Å². The molecule has 0 saturated heterocycles. The van der Waals surface area contributed by atoms with Crippen LogP contribution in [0.15, 0.2) is 12.3 Å². The third-order valence-electron chi connectivity index (χ3n) is 2.05. The number of hydrogen-bond donors (Lipinski definition) is 0. The third-order valence-corrected chi connectivity index (χ3v) is 2.05. The van der Waals surface area contributed by atoms with Crippen molar-refractivity contribution in [2.24, 2.45) is 7.05 Å². The van der Waals surface area contributed by atoms with Gasteiger partial charge in [-0.25, -0.2) is 0 Å². The summed E-state index contributed by atoms with van der Waals surface area (Å²) in [4.78, 5) is 9.69. The van der Waals surface area contributed by atoms with Crippen LogP contribution in [0.4, 0.5) is 0 Å². The maximum atomic E-state index is 10.2. The molecule has 0 amide bonds. The molecule has 82 valence electrons. The first-order valence-electron chi connectivity index (χ1n) is 4.67. The highest BCUT2D eigenvalue weighted by Crippen LogP contribution is 2.21. The minimum Gasteiger partial charge on any atom is -0.268 e. The largest absolute Gasteiger partial charge is 0.268 e. The Labute approximate surface area is 88.6 Å². The van der Waals surface area contributed by atoms with Crippen LogP contribution >= 0.6 is 0 Å². The van der Waals surface area contributed by atoms with Gasteiger partial charge in [0.05, 0.1) is 16.3 Å². The summed E-state index contributed by atoms with van der Waals surface area (Å²) < 4.78 is 1.64. The molecule has 1 rings (SSSR count). The van der Waals surface area contributed by atoms with Gasteiger partial charge in [0.2, 0.25) is 6.20 Å². The molecule has 1 aromatic rings. The number of nitro groups is 1. The molecule has 0 bridgehead atoms. The average Bonchev–Trinajstić information content (AvgIpc) is 2.42. The highest BCUT2D eigenvalue weighted by atomic mass is 16.6. The molecule has 0 radical (unpaired) electrons. The lowest BCUT2D eigenvalue weighted by Crippen LogP contribution is -2.12. The van der Waals surface area contributed by atoms with Gasteiger partial charge in [0, 0.05) is 18.5 Å². The van der Waals surface area contributed by atoms with Gasteiger partial charge < -0.3 is 0 Å². The van der Waals surface area contributed by atoms with Crippen LogP contribution in [0.1, 0.15) is 32.2 Å². The van der Waals surface area contributed by atoms with Crippen molar-refractivity contribution in [3.8, 4) is 0 Å². The van der Waals surface area contributed by atoms with Crippen molar-refractivity contribution < 1.29 is 4.92 Å². The predicted molar refractivity (Wildman–Crippen MR) is 57.9 cm³/mol. The van der Waals surface area contributed by atoms with Crippen LogP contribution in [0.5, 0.6) is 0 Å². The summed E-state index contributed by atoms with van der Waals surface area (Å²) in [5, 5.41) is 14.5. The van der Waals surface area contributed by atoms with Gasteiger partial charge in [0.25, 0.3) is 0 Å². The van der Waals surface area contributed by atoms with Crippen LogP contribution in [0.25, 0.3) is 6.08 Å². The van der Waals surface area contributed by atoms with Crippen molar-refractivity contribution in [1.29, 1.82) is 0 Å². The lowest BCUT2D eigenvalue weighted by atomic mass is 9.92. The molecule has 15 heavy (non-hydrogen) atoms. The van der Waals surface area contributed by atoms with E-state index in [1.807, 2.05) is 6.07 Å². The van der Waals surface area contributed by atoms with Crippen LogP contribution in [0.3, 0.4) is 0 Å². The molecule has 0 N–H and O–H groups in total. The van der Waals surface area contributed by atoms with Crippen molar-refractivity contribution in [3.05, 3.63) is 33.8 Å². The molecule has 0 spiro atoms. The third kappa shape index (κ3) is 2.90. The summed E-state index contributed by atoms with van der Waals surface area (Å²) in [5.74, 6) is 0. The van der Waals surface area contributed by atoms with Crippen LogP contribution in [0.2, 0.25) is 0 Å². The Morgan fingerprint density at radius 2 is 2.13 bits per heavy atom. The second-order valence-electron chi connectivity index (χ2n) is 4.43. The summed E-state index contributed by atoms with van der Waals surface area (Å²) in [6.07, 6.45) is 2.37. The predicted octanol–water partition coefficient (Wildman–Crippen LogP) is 1.97. The first kappa shape index (κ1) is 11.4. The number of aryl methyl sites for hydroxylation is 1. The zero-order chi connectivity index (χ0) is 11.6. The van der Waals surface area contributed by atoms with E-state index in [-0.39, 0.29) is 5.41 Å². The quantitative estimate of drug-likeness (QED) is 0.552. The summed E-state index contributed by atoms with van der Waals surface area (Å²) >= 11 is 0. The molecule has 0 aliphatic rings. The Hall–Kier alpha value is -1.65. The Morgan fingerprint density at radius 1 is 1.53 bits per heavy atom. The fraction of sp³-hybridized carbons (Fsp3) is 0.500. The normalized spacial score (nSPS) is 12.3. The van der Waals surface area contributed by atoms with Gasteiger partial charge in [-0.2, -0.15) is 5.10 Å². The molecule has 1 aromatic heterocycles. The summed E-state index contributed by atoms with van der Waals surface area (Å²) in [6, 6.07) is 1.86. The van der Waals surface area contributed by atoms with Crippen molar-refractivity contribution in [3.63, 3.8) is 0 Å². The zero-order valence-electron chi connectivity index (χ0n) is 9.39.